The molecule has 132 valence electrons. The summed E-state index contributed by atoms with van der Waals surface area (Å²) in [4.78, 5) is 32.1. The molecule has 1 heterocycles. The van der Waals surface area contributed by atoms with Crippen molar-refractivity contribution in [2.24, 2.45) is 0 Å². The molecule has 0 saturated carbocycles. The molecule has 0 unspecified atom stereocenters. The number of nitrogens with one attached hydrogen (secondary N) is 2. The van der Waals surface area contributed by atoms with Crippen molar-refractivity contribution in [3.05, 3.63) is 47.8 Å². The molecule has 1 aromatic carbocycles. The fourth-order valence-electron chi connectivity index (χ4n) is 2.02. The minimum absolute atomic E-state index is 0.215. The van der Waals surface area contributed by atoms with E-state index in [9.17, 15) is 9.59 Å². The Labute approximate surface area is 145 Å². The second kappa shape index (κ2) is 9.33. The molecule has 0 aliphatic rings. The summed E-state index contributed by atoms with van der Waals surface area (Å²) in [5.74, 6) is -0.503. The monoisotopic (exact) mass is 344 g/mol. The largest absolute Gasteiger partial charge is 0.465 e. The number of amides is 1. The van der Waals surface area contributed by atoms with Crippen LogP contribution in [-0.2, 0) is 9.47 Å². The second-order valence-electron chi connectivity index (χ2n) is 5.07. The first-order chi connectivity index (χ1) is 12.1. The van der Waals surface area contributed by atoms with Gasteiger partial charge in [-0.15, -0.1) is 0 Å². The van der Waals surface area contributed by atoms with Crippen molar-refractivity contribution in [2.75, 3.05) is 38.0 Å². The number of aromatic nitrogens is 2. The maximum Gasteiger partial charge on any atom is 0.337 e. The molecule has 0 spiro atoms. The Balaban J connectivity index is 2.02. The molecule has 2 aromatic rings. The van der Waals surface area contributed by atoms with E-state index in [1.807, 2.05) is 0 Å². The summed E-state index contributed by atoms with van der Waals surface area (Å²) >= 11 is 0. The van der Waals surface area contributed by atoms with Gasteiger partial charge < -0.3 is 20.1 Å². The van der Waals surface area contributed by atoms with E-state index in [4.69, 9.17) is 4.74 Å². The summed E-state index contributed by atoms with van der Waals surface area (Å²) in [5.41, 5.74) is 1.04. The van der Waals surface area contributed by atoms with Gasteiger partial charge in [0.15, 0.2) is 0 Å². The van der Waals surface area contributed by atoms with Crippen LogP contribution in [-0.4, -0.2) is 49.2 Å². The Bertz CT molecular complexity index is 736. The smallest absolute Gasteiger partial charge is 0.337 e. The molecule has 8 nitrogen and oxygen atoms in total. The number of carbonyl (C=O) groups is 2. The van der Waals surface area contributed by atoms with Gasteiger partial charge in [0, 0.05) is 32.1 Å². The van der Waals surface area contributed by atoms with Crippen molar-refractivity contribution < 1.29 is 19.1 Å². The minimum Gasteiger partial charge on any atom is -0.465 e. The molecule has 8 heteroatoms. The van der Waals surface area contributed by atoms with Crippen molar-refractivity contribution in [2.45, 2.75) is 6.42 Å². The topological polar surface area (TPSA) is 102 Å². The van der Waals surface area contributed by atoms with Crippen molar-refractivity contribution >= 4 is 23.5 Å². The highest BCUT2D eigenvalue weighted by atomic mass is 16.5. The number of rotatable bonds is 8. The number of carbonyl (C=O) groups excluding carboxylic acids is 2. The summed E-state index contributed by atoms with van der Waals surface area (Å²) in [6, 6.07) is 7.99. The molecule has 1 aromatic heterocycles. The molecule has 0 atom stereocenters. The zero-order chi connectivity index (χ0) is 18.1. The van der Waals surface area contributed by atoms with Crippen LogP contribution in [0.5, 0.6) is 0 Å². The molecule has 25 heavy (non-hydrogen) atoms. The maximum absolute atomic E-state index is 12.3. The number of methoxy groups -OCH3 is 2. The highest BCUT2D eigenvalue weighted by molar-refractivity contribution is 6.03. The van der Waals surface area contributed by atoms with Crippen LogP contribution in [0.4, 0.5) is 11.6 Å². The first kappa shape index (κ1) is 18.3. The Morgan fingerprint density at radius 3 is 2.80 bits per heavy atom. The third-order valence-corrected chi connectivity index (χ3v) is 3.24. The second-order valence-corrected chi connectivity index (χ2v) is 5.07. The van der Waals surface area contributed by atoms with E-state index in [1.165, 1.54) is 25.4 Å². The molecule has 0 aliphatic carbocycles. The molecule has 0 bridgehead atoms. The normalized spacial score (nSPS) is 10.2. The van der Waals surface area contributed by atoms with E-state index in [2.05, 4.69) is 25.3 Å². The lowest BCUT2D eigenvalue weighted by atomic mass is 10.2. The number of hydrogen-bond donors (Lipinski definition) is 2. The fraction of sp³-hybridized carbons (Fsp3) is 0.294. The van der Waals surface area contributed by atoms with Crippen molar-refractivity contribution in [3.63, 3.8) is 0 Å². The van der Waals surface area contributed by atoms with Crippen LogP contribution in [0.2, 0.25) is 0 Å². The van der Waals surface area contributed by atoms with Crippen LogP contribution in [0.15, 0.2) is 36.5 Å². The number of hydrogen-bond acceptors (Lipinski definition) is 7. The lowest BCUT2D eigenvalue weighted by Crippen LogP contribution is -2.16. The molecule has 2 rings (SSSR count). The van der Waals surface area contributed by atoms with Gasteiger partial charge in [-0.1, -0.05) is 6.07 Å². The highest BCUT2D eigenvalue weighted by Crippen LogP contribution is 2.13. The van der Waals surface area contributed by atoms with Crippen LogP contribution in [0, 0.1) is 0 Å². The maximum atomic E-state index is 12.3. The van der Waals surface area contributed by atoms with E-state index in [0.717, 1.165) is 6.42 Å². The van der Waals surface area contributed by atoms with Crippen molar-refractivity contribution in [1.29, 1.82) is 0 Å². The number of anilines is 2. The summed E-state index contributed by atoms with van der Waals surface area (Å²) < 4.78 is 9.63. The van der Waals surface area contributed by atoms with E-state index in [0.29, 0.717) is 30.4 Å². The predicted octanol–water partition coefficient (Wildman–Crippen LogP) is 1.96. The van der Waals surface area contributed by atoms with Gasteiger partial charge in [-0.3, -0.25) is 4.79 Å². The molecule has 0 saturated heterocycles. The number of benzene rings is 1. The van der Waals surface area contributed by atoms with Crippen molar-refractivity contribution in [1.82, 2.24) is 9.97 Å². The predicted molar refractivity (Wildman–Crippen MR) is 92.7 cm³/mol. The quantitative estimate of drug-likeness (QED) is 0.557. The van der Waals surface area contributed by atoms with Crippen LogP contribution in [0.1, 0.15) is 27.3 Å². The molecular formula is C17H20N4O4. The minimum atomic E-state index is -0.472. The van der Waals surface area contributed by atoms with E-state index < -0.39 is 11.9 Å². The summed E-state index contributed by atoms with van der Waals surface area (Å²) in [6.45, 7) is 1.27. The molecule has 0 fully saturated rings. The zero-order valence-corrected chi connectivity index (χ0v) is 14.1. The highest BCUT2D eigenvalue weighted by Gasteiger charge is 2.11. The van der Waals surface area contributed by atoms with Gasteiger partial charge in [0.1, 0.15) is 5.69 Å². The third kappa shape index (κ3) is 5.54. The van der Waals surface area contributed by atoms with E-state index in [1.54, 1.807) is 25.3 Å². The summed E-state index contributed by atoms with van der Waals surface area (Å²) in [7, 11) is 2.94. The van der Waals surface area contributed by atoms with Gasteiger partial charge >= 0.3 is 5.97 Å². The Kier molecular flexibility index (Phi) is 6.85. The Hall–Kier alpha value is -3.00. The average Bonchev–Trinajstić information content (AvgIpc) is 2.65. The molecule has 0 aliphatic heterocycles. The number of ether oxygens (including phenoxy) is 2. The fourth-order valence-corrected chi connectivity index (χ4v) is 2.02. The van der Waals surface area contributed by atoms with Gasteiger partial charge in [0.2, 0.25) is 5.95 Å². The summed E-state index contributed by atoms with van der Waals surface area (Å²) in [6.07, 6.45) is 2.31. The van der Waals surface area contributed by atoms with Crippen LogP contribution < -0.4 is 10.6 Å². The first-order valence-corrected chi connectivity index (χ1v) is 7.69. The van der Waals surface area contributed by atoms with Gasteiger partial charge in [-0.25, -0.2) is 14.8 Å². The number of esters is 1. The average molecular weight is 344 g/mol. The molecule has 2 N–H and O–H groups in total. The van der Waals surface area contributed by atoms with Crippen LogP contribution in [0.25, 0.3) is 0 Å². The Morgan fingerprint density at radius 1 is 1.20 bits per heavy atom. The van der Waals surface area contributed by atoms with Crippen LogP contribution >= 0.6 is 0 Å². The first-order valence-electron chi connectivity index (χ1n) is 7.69. The SMILES string of the molecule is COCCCNc1nccc(C(=O)Nc2cccc(C(=O)OC)c2)n1. The lowest BCUT2D eigenvalue weighted by Gasteiger charge is -2.08. The molecular weight excluding hydrogens is 324 g/mol. The van der Waals surface area contributed by atoms with E-state index in [-0.39, 0.29) is 5.69 Å². The van der Waals surface area contributed by atoms with E-state index >= 15 is 0 Å². The van der Waals surface area contributed by atoms with Crippen molar-refractivity contribution in [3.8, 4) is 0 Å². The van der Waals surface area contributed by atoms with Gasteiger partial charge in [0.25, 0.3) is 5.91 Å². The number of nitrogens with zero attached hydrogens (tertiary/aromatic N) is 2. The molecule has 1 amide bonds. The lowest BCUT2D eigenvalue weighted by molar-refractivity contribution is 0.0600. The molecule has 0 radical (unpaired) electrons. The van der Waals surface area contributed by atoms with Gasteiger partial charge in [-0.2, -0.15) is 0 Å². The zero-order valence-electron chi connectivity index (χ0n) is 14.1. The van der Waals surface area contributed by atoms with Gasteiger partial charge in [-0.05, 0) is 30.7 Å². The Morgan fingerprint density at radius 2 is 2.04 bits per heavy atom. The standard InChI is InChI=1S/C17H20N4O4/c1-24-10-4-8-18-17-19-9-7-14(21-17)15(22)20-13-6-3-5-12(11-13)16(23)25-2/h3,5-7,9,11H,4,8,10H2,1-2H3,(H,20,22)(H,18,19,21). The van der Waals surface area contributed by atoms with Gasteiger partial charge in [0.05, 0.1) is 12.7 Å². The third-order valence-electron chi connectivity index (χ3n) is 3.24. The summed E-state index contributed by atoms with van der Waals surface area (Å²) in [5, 5.41) is 5.72. The van der Waals surface area contributed by atoms with Crippen LogP contribution in [0.3, 0.4) is 0 Å².